The van der Waals surface area contributed by atoms with Gasteiger partial charge in [0.1, 0.15) is 17.6 Å². The molecule has 13 heteroatoms. The highest BCUT2D eigenvalue weighted by Gasteiger charge is 2.32. The first kappa shape index (κ1) is 22.6. The van der Waals surface area contributed by atoms with E-state index in [4.69, 9.17) is 0 Å². The van der Waals surface area contributed by atoms with Gasteiger partial charge in [-0.15, -0.1) is 10.2 Å². The predicted molar refractivity (Wildman–Crippen MR) is 114 cm³/mol. The Kier molecular flexibility index (Phi) is 5.74. The summed E-state index contributed by atoms with van der Waals surface area (Å²) in [5, 5.41) is 11.0. The minimum Gasteiger partial charge on any atom is -0.366 e. The number of hydrogen-bond donors (Lipinski definition) is 1. The van der Waals surface area contributed by atoms with Gasteiger partial charge >= 0.3 is 6.18 Å². The maximum atomic E-state index is 13.1. The lowest BCUT2D eigenvalue weighted by atomic mass is 10.2. The maximum absolute atomic E-state index is 13.1. The van der Waals surface area contributed by atoms with Crippen LogP contribution in [0.25, 0.3) is 23.0 Å². The molecule has 0 fully saturated rings. The summed E-state index contributed by atoms with van der Waals surface area (Å²) in [7, 11) is -2.24. The van der Waals surface area contributed by atoms with Crippen molar-refractivity contribution in [3.05, 3.63) is 54.0 Å². The number of sulfone groups is 1. The van der Waals surface area contributed by atoms with Gasteiger partial charge < -0.3 is 9.88 Å². The fourth-order valence-electron chi connectivity index (χ4n) is 3.21. The first-order valence-corrected chi connectivity index (χ1v) is 11.4. The lowest BCUT2D eigenvalue weighted by Crippen LogP contribution is -2.18. The molecule has 1 unspecified atom stereocenters. The number of alkyl halides is 3. The van der Waals surface area contributed by atoms with Crippen molar-refractivity contribution in [2.45, 2.75) is 24.2 Å². The topological polar surface area (TPSA) is 115 Å². The standard InChI is InChI=1S/C20H18F3N7O2S/c1-3-33(31,32)15-9-12(17-25-6-4-7-26-17)11-27-16(15)19-29-28-18(30(19)2)14-10-13(5-8-24-14)20(21,22)23/h4-11,17,25H,3H2,1-2H3. The number of pyridine rings is 2. The van der Waals surface area contributed by atoms with E-state index in [1.165, 1.54) is 30.8 Å². The van der Waals surface area contributed by atoms with Crippen LogP contribution < -0.4 is 5.32 Å². The molecule has 1 aliphatic rings. The molecule has 0 amide bonds. The molecule has 0 saturated heterocycles. The Morgan fingerprint density at radius 2 is 1.91 bits per heavy atom. The van der Waals surface area contributed by atoms with E-state index in [0.717, 1.165) is 18.3 Å². The number of nitrogens with one attached hydrogen (secondary N) is 1. The van der Waals surface area contributed by atoms with Crippen molar-refractivity contribution in [1.29, 1.82) is 0 Å². The summed E-state index contributed by atoms with van der Waals surface area (Å²) in [5.74, 6) is -0.0833. The quantitative estimate of drug-likeness (QED) is 0.601. The van der Waals surface area contributed by atoms with E-state index in [2.05, 4.69) is 30.5 Å². The number of aliphatic imine (C=N–C) groups is 1. The molecule has 0 spiro atoms. The van der Waals surface area contributed by atoms with Gasteiger partial charge in [0.15, 0.2) is 21.5 Å². The normalized spacial score (nSPS) is 16.1. The Balaban J connectivity index is 1.82. The highest BCUT2D eigenvalue weighted by Crippen LogP contribution is 2.33. The largest absolute Gasteiger partial charge is 0.416 e. The van der Waals surface area contributed by atoms with Crippen molar-refractivity contribution in [1.82, 2.24) is 30.0 Å². The van der Waals surface area contributed by atoms with E-state index in [-0.39, 0.29) is 33.7 Å². The highest BCUT2D eigenvalue weighted by molar-refractivity contribution is 7.91. The molecule has 1 aliphatic heterocycles. The number of halogens is 3. The first-order chi connectivity index (χ1) is 15.6. The second-order valence-electron chi connectivity index (χ2n) is 7.08. The molecular weight excluding hydrogens is 459 g/mol. The van der Waals surface area contributed by atoms with Crippen LogP contribution in [0.5, 0.6) is 0 Å². The molecular formula is C20H18F3N7O2S. The van der Waals surface area contributed by atoms with Gasteiger partial charge in [0, 0.05) is 31.2 Å². The van der Waals surface area contributed by atoms with E-state index < -0.39 is 27.7 Å². The summed E-state index contributed by atoms with van der Waals surface area (Å²) in [6.07, 6.45) is 2.39. The van der Waals surface area contributed by atoms with Crippen molar-refractivity contribution < 1.29 is 21.6 Å². The zero-order chi connectivity index (χ0) is 23.8. The molecule has 1 atom stereocenters. The molecule has 3 aromatic rings. The monoisotopic (exact) mass is 477 g/mol. The third-order valence-corrected chi connectivity index (χ3v) is 6.72. The first-order valence-electron chi connectivity index (χ1n) is 9.72. The van der Waals surface area contributed by atoms with Crippen molar-refractivity contribution in [3.8, 4) is 23.0 Å². The fourth-order valence-corrected chi connectivity index (χ4v) is 4.27. The van der Waals surface area contributed by atoms with Crippen LogP contribution in [0.4, 0.5) is 13.2 Å². The fraction of sp³-hybridized carbons (Fsp3) is 0.250. The molecule has 3 aromatic heterocycles. The Hall–Kier alpha value is -3.61. The summed E-state index contributed by atoms with van der Waals surface area (Å²) in [5.41, 5.74) is -0.393. The van der Waals surface area contributed by atoms with Gasteiger partial charge in [0.25, 0.3) is 0 Å². The number of hydrogen-bond acceptors (Lipinski definition) is 8. The zero-order valence-corrected chi connectivity index (χ0v) is 18.3. The van der Waals surface area contributed by atoms with Gasteiger partial charge in [-0.2, -0.15) is 13.2 Å². The van der Waals surface area contributed by atoms with Crippen LogP contribution in [0, 0.1) is 0 Å². The molecule has 9 nitrogen and oxygen atoms in total. The molecule has 1 N–H and O–H groups in total. The summed E-state index contributed by atoms with van der Waals surface area (Å²) >= 11 is 0. The predicted octanol–water partition coefficient (Wildman–Crippen LogP) is 2.94. The molecule has 0 bridgehead atoms. The van der Waals surface area contributed by atoms with Gasteiger partial charge in [-0.1, -0.05) is 6.92 Å². The van der Waals surface area contributed by atoms with Crippen LogP contribution in [0.15, 0.2) is 52.8 Å². The van der Waals surface area contributed by atoms with E-state index in [1.807, 2.05) is 0 Å². The van der Waals surface area contributed by atoms with E-state index in [0.29, 0.717) is 5.56 Å². The van der Waals surface area contributed by atoms with Crippen LogP contribution in [0.1, 0.15) is 24.2 Å². The molecule has 0 saturated carbocycles. The second-order valence-corrected chi connectivity index (χ2v) is 9.33. The van der Waals surface area contributed by atoms with Crippen LogP contribution in [0.3, 0.4) is 0 Å². The summed E-state index contributed by atoms with van der Waals surface area (Å²) in [4.78, 5) is 12.5. The Morgan fingerprint density at radius 3 is 2.58 bits per heavy atom. The zero-order valence-electron chi connectivity index (χ0n) is 17.4. The van der Waals surface area contributed by atoms with Crippen LogP contribution in [-0.4, -0.2) is 45.1 Å². The molecule has 4 heterocycles. The van der Waals surface area contributed by atoms with Crippen molar-refractivity contribution in [2.24, 2.45) is 12.0 Å². The van der Waals surface area contributed by atoms with Crippen LogP contribution >= 0.6 is 0 Å². The molecule has 0 aliphatic carbocycles. The van der Waals surface area contributed by atoms with Gasteiger partial charge in [0.05, 0.1) is 16.2 Å². The van der Waals surface area contributed by atoms with Crippen LogP contribution in [0.2, 0.25) is 0 Å². The van der Waals surface area contributed by atoms with Gasteiger partial charge in [-0.05, 0) is 30.5 Å². The average Bonchev–Trinajstić information content (AvgIpc) is 3.20. The smallest absolute Gasteiger partial charge is 0.366 e. The summed E-state index contributed by atoms with van der Waals surface area (Å²) < 4.78 is 66.4. The van der Waals surface area contributed by atoms with Gasteiger partial charge in [-0.25, -0.2) is 8.42 Å². The van der Waals surface area contributed by atoms with E-state index in [1.54, 1.807) is 18.5 Å². The highest BCUT2D eigenvalue weighted by atomic mass is 32.2. The number of aromatic nitrogens is 5. The number of nitrogens with zero attached hydrogens (tertiary/aromatic N) is 6. The minimum absolute atomic E-state index is 0.0316. The number of rotatable bonds is 5. The Labute approximate surface area is 187 Å². The van der Waals surface area contributed by atoms with Crippen molar-refractivity contribution >= 4 is 16.1 Å². The molecule has 0 radical (unpaired) electrons. The molecule has 33 heavy (non-hydrogen) atoms. The van der Waals surface area contributed by atoms with E-state index >= 15 is 0 Å². The molecule has 0 aromatic carbocycles. The SMILES string of the molecule is CCS(=O)(=O)c1cc(C2N=CC=CN2)cnc1-c1nnc(-c2cc(C(F)(F)F)ccn2)n1C. The third kappa shape index (κ3) is 4.35. The van der Waals surface area contributed by atoms with Gasteiger partial charge in [0.2, 0.25) is 0 Å². The minimum atomic E-state index is -4.55. The third-order valence-electron chi connectivity index (χ3n) is 4.98. The number of allylic oxidation sites excluding steroid dienone is 1. The van der Waals surface area contributed by atoms with E-state index in [9.17, 15) is 21.6 Å². The molecule has 4 rings (SSSR count). The summed E-state index contributed by atoms with van der Waals surface area (Å²) in [6, 6.07) is 3.17. The van der Waals surface area contributed by atoms with Crippen molar-refractivity contribution in [2.75, 3.05) is 5.75 Å². The molecule has 172 valence electrons. The second kappa shape index (κ2) is 8.39. The lowest BCUT2D eigenvalue weighted by molar-refractivity contribution is -0.137. The maximum Gasteiger partial charge on any atom is 0.416 e. The van der Waals surface area contributed by atoms with Gasteiger partial charge in [-0.3, -0.25) is 15.0 Å². The van der Waals surface area contributed by atoms with Crippen LogP contribution in [-0.2, 0) is 23.1 Å². The summed E-state index contributed by atoms with van der Waals surface area (Å²) in [6.45, 7) is 1.50. The Bertz CT molecular complexity index is 1360. The lowest BCUT2D eigenvalue weighted by Gasteiger charge is -2.17. The average molecular weight is 477 g/mol. The Morgan fingerprint density at radius 1 is 1.15 bits per heavy atom. The van der Waals surface area contributed by atoms with Crippen molar-refractivity contribution in [3.63, 3.8) is 0 Å².